The Labute approximate surface area is 198 Å². The molecule has 0 aliphatic carbocycles. The predicted molar refractivity (Wildman–Crippen MR) is 121 cm³/mol. The molecule has 4 aromatic rings. The van der Waals surface area contributed by atoms with Crippen LogP contribution in [0.4, 0.5) is 23.5 Å². The van der Waals surface area contributed by atoms with E-state index in [4.69, 9.17) is 4.74 Å². The summed E-state index contributed by atoms with van der Waals surface area (Å²) in [6.07, 6.45) is 1.77. The normalized spacial score (nSPS) is 18.6. The SMILES string of the molecule is Cc1cc2c(-c3ccc(F)cc3F)nc(N3CC(C)OC(c4cnn(C(F)F)c4)C3)nc2nc1C. The molecule has 7 nitrogen and oxygen atoms in total. The summed E-state index contributed by atoms with van der Waals surface area (Å²) in [5, 5.41) is 4.24. The van der Waals surface area contributed by atoms with Crippen LogP contribution in [0, 0.1) is 25.5 Å². The number of ether oxygens (including phenoxy) is 1. The van der Waals surface area contributed by atoms with Crippen LogP contribution in [0.3, 0.4) is 0 Å². The molecule has 3 aromatic heterocycles. The lowest BCUT2D eigenvalue weighted by Crippen LogP contribution is -2.43. The second-order valence-electron chi connectivity index (χ2n) is 8.63. The standard InChI is InChI=1S/C24H22F4N6O/c1-12-6-18-21(17-5-4-16(25)7-19(17)26)31-24(32-22(18)30-14(12)3)33-9-13(2)35-20(11-33)15-8-29-34(10-15)23(27)28/h4-8,10,13,20,23H,9,11H2,1-3H3. The lowest BCUT2D eigenvalue weighted by atomic mass is 10.1. The van der Waals surface area contributed by atoms with Gasteiger partial charge in [0, 0.05) is 41.0 Å². The number of benzene rings is 1. The van der Waals surface area contributed by atoms with Crippen molar-refractivity contribution >= 4 is 17.0 Å². The Morgan fingerprint density at radius 2 is 1.86 bits per heavy atom. The highest BCUT2D eigenvalue weighted by Crippen LogP contribution is 2.33. The Bertz CT molecular complexity index is 1410. The molecule has 1 saturated heterocycles. The first kappa shape index (κ1) is 23.2. The van der Waals surface area contributed by atoms with Crippen molar-refractivity contribution < 1.29 is 22.3 Å². The van der Waals surface area contributed by atoms with E-state index in [2.05, 4.69) is 20.1 Å². The maximum atomic E-state index is 14.8. The summed E-state index contributed by atoms with van der Waals surface area (Å²) in [7, 11) is 0. The predicted octanol–water partition coefficient (Wildman–Crippen LogP) is 5.14. The maximum absolute atomic E-state index is 14.8. The van der Waals surface area contributed by atoms with E-state index in [1.54, 1.807) is 0 Å². The van der Waals surface area contributed by atoms with Crippen LogP contribution in [0.5, 0.6) is 0 Å². The molecule has 0 spiro atoms. The van der Waals surface area contributed by atoms with E-state index < -0.39 is 24.3 Å². The van der Waals surface area contributed by atoms with Crippen LogP contribution >= 0.6 is 0 Å². The first-order chi connectivity index (χ1) is 16.7. The smallest absolute Gasteiger partial charge is 0.333 e. The summed E-state index contributed by atoms with van der Waals surface area (Å²) in [6.45, 7) is 3.51. The summed E-state index contributed by atoms with van der Waals surface area (Å²) in [6, 6.07) is 5.16. The van der Waals surface area contributed by atoms with E-state index in [1.165, 1.54) is 24.5 Å². The Balaban J connectivity index is 1.60. The van der Waals surface area contributed by atoms with Gasteiger partial charge in [-0.1, -0.05) is 0 Å². The monoisotopic (exact) mass is 486 g/mol. The topological polar surface area (TPSA) is 69.0 Å². The van der Waals surface area contributed by atoms with Gasteiger partial charge in [-0.15, -0.1) is 0 Å². The number of fused-ring (bicyclic) bond motifs is 1. The van der Waals surface area contributed by atoms with Crippen LogP contribution in [-0.2, 0) is 4.74 Å². The van der Waals surface area contributed by atoms with E-state index >= 15 is 0 Å². The highest BCUT2D eigenvalue weighted by molar-refractivity contribution is 5.92. The molecule has 2 unspecified atom stereocenters. The molecule has 1 aliphatic rings. The number of aryl methyl sites for hydroxylation is 2. The van der Waals surface area contributed by atoms with Crippen molar-refractivity contribution in [1.29, 1.82) is 0 Å². The molecule has 0 amide bonds. The zero-order valence-electron chi connectivity index (χ0n) is 19.2. The fourth-order valence-corrected chi connectivity index (χ4v) is 4.19. The molecule has 0 N–H and O–H groups in total. The number of aromatic nitrogens is 5. The van der Waals surface area contributed by atoms with Gasteiger partial charge in [-0.2, -0.15) is 18.9 Å². The van der Waals surface area contributed by atoms with Gasteiger partial charge in [0.15, 0.2) is 5.65 Å². The van der Waals surface area contributed by atoms with Gasteiger partial charge >= 0.3 is 6.55 Å². The minimum atomic E-state index is -2.75. The molecular formula is C24H22F4N6O. The second-order valence-corrected chi connectivity index (χ2v) is 8.63. The first-order valence-corrected chi connectivity index (χ1v) is 11.0. The van der Waals surface area contributed by atoms with E-state index in [0.717, 1.165) is 17.3 Å². The Kier molecular flexibility index (Phi) is 5.87. The molecule has 0 bridgehead atoms. The van der Waals surface area contributed by atoms with Crippen molar-refractivity contribution in [3.63, 3.8) is 0 Å². The number of hydrogen-bond acceptors (Lipinski definition) is 6. The molecule has 1 aromatic carbocycles. The van der Waals surface area contributed by atoms with Crippen molar-refractivity contribution in [2.24, 2.45) is 0 Å². The van der Waals surface area contributed by atoms with Crippen molar-refractivity contribution in [3.8, 4) is 11.3 Å². The summed E-state index contributed by atoms with van der Waals surface area (Å²) in [5.74, 6) is -1.15. The van der Waals surface area contributed by atoms with E-state index in [1.807, 2.05) is 31.7 Å². The molecule has 0 saturated carbocycles. The van der Waals surface area contributed by atoms with Crippen LogP contribution in [0.25, 0.3) is 22.3 Å². The number of nitrogens with zero attached hydrogens (tertiary/aromatic N) is 6. The van der Waals surface area contributed by atoms with Gasteiger partial charge in [0.1, 0.15) is 17.7 Å². The quantitative estimate of drug-likeness (QED) is 0.372. The summed E-state index contributed by atoms with van der Waals surface area (Å²) >= 11 is 0. The van der Waals surface area contributed by atoms with Gasteiger partial charge in [0.05, 0.1) is 24.5 Å². The third kappa shape index (κ3) is 4.43. The Morgan fingerprint density at radius 1 is 1.06 bits per heavy atom. The van der Waals surface area contributed by atoms with E-state index in [9.17, 15) is 17.6 Å². The third-order valence-electron chi connectivity index (χ3n) is 6.04. The second kappa shape index (κ2) is 8.88. The molecule has 1 fully saturated rings. The number of pyridine rings is 1. The van der Waals surface area contributed by atoms with Gasteiger partial charge in [0.25, 0.3) is 0 Å². The Morgan fingerprint density at radius 3 is 2.57 bits per heavy atom. The minimum Gasteiger partial charge on any atom is -0.367 e. The highest BCUT2D eigenvalue weighted by Gasteiger charge is 2.30. The molecule has 5 rings (SSSR count). The number of morpholine rings is 1. The van der Waals surface area contributed by atoms with E-state index in [-0.39, 0.29) is 24.2 Å². The van der Waals surface area contributed by atoms with Gasteiger partial charge in [-0.05, 0) is 44.5 Å². The van der Waals surface area contributed by atoms with Gasteiger partial charge in [0.2, 0.25) is 5.95 Å². The lowest BCUT2D eigenvalue weighted by Gasteiger charge is -2.36. The number of alkyl halides is 2. The molecule has 11 heteroatoms. The molecule has 4 heterocycles. The molecular weight excluding hydrogens is 464 g/mol. The fourth-order valence-electron chi connectivity index (χ4n) is 4.19. The van der Waals surface area contributed by atoms with Gasteiger partial charge in [-0.3, -0.25) is 0 Å². The van der Waals surface area contributed by atoms with Crippen LogP contribution in [0.2, 0.25) is 0 Å². The van der Waals surface area contributed by atoms with Crippen molar-refractivity contribution in [3.05, 3.63) is 65.1 Å². The molecule has 0 radical (unpaired) electrons. The van der Waals surface area contributed by atoms with Crippen molar-refractivity contribution in [2.45, 2.75) is 39.5 Å². The number of halogens is 4. The number of hydrogen-bond donors (Lipinski definition) is 0. The van der Waals surface area contributed by atoms with Crippen LogP contribution in [-0.4, -0.2) is 43.9 Å². The summed E-state index contributed by atoms with van der Waals surface area (Å²) in [5.41, 5.74) is 2.93. The zero-order chi connectivity index (χ0) is 24.9. The van der Waals surface area contributed by atoms with Crippen LogP contribution < -0.4 is 4.90 Å². The Hall–Kier alpha value is -3.60. The summed E-state index contributed by atoms with van der Waals surface area (Å²) < 4.78 is 61.0. The number of rotatable bonds is 4. The maximum Gasteiger partial charge on any atom is 0.333 e. The number of anilines is 1. The van der Waals surface area contributed by atoms with Crippen LogP contribution in [0.15, 0.2) is 36.7 Å². The van der Waals surface area contributed by atoms with Gasteiger partial charge in [-0.25, -0.2) is 23.4 Å². The van der Waals surface area contributed by atoms with Crippen molar-refractivity contribution in [1.82, 2.24) is 24.7 Å². The van der Waals surface area contributed by atoms with Crippen molar-refractivity contribution in [2.75, 3.05) is 18.0 Å². The third-order valence-corrected chi connectivity index (χ3v) is 6.04. The van der Waals surface area contributed by atoms with Gasteiger partial charge < -0.3 is 9.64 Å². The minimum absolute atomic E-state index is 0.126. The molecule has 182 valence electrons. The average molecular weight is 486 g/mol. The average Bonchev–Trinajstić information content (AvgIpc) is 3.30. The highest BCUT2D eigenvalue weighted by atomic mass is 19.3. The molecule has 1 aliphatic heterocycles. The largest absolute Gasteiger partial charge is 0.367 e. The fraction of sp³-hybridized carbons (Fsp3) is 0.333. The summed E-state index contributed by atoms with van der Waals surface area (Å²) in [4.78, 5) is 15.7. The van der Waals surface area contributed by atoms with Crippen LogP contribution in [0.1, 0.15) is 36.4 Å². The lowest BCUT2D eigenvalue weighted by molar-refractivity contribution is -0.0181. The first-order valence-electron chi connectivity index (χ1n) is 11.0. The van der Waals surface area contributed by atoms with E-state index in [0.29, 0.717) is 33.5 Å². The molecule has 35 heavy (non-hydrogen) atoms. The zero-order valence-corrected chi connectivity index (χ0v) is 19.2. The molecule has 2 atom stereocenters.